The van der Waals surface area contributed by atoms with E-state index in [1.807, 2.05) is 13.0 Å². The van der Waals surface area contributed by atoms with Gasteiger partial charge < -0.3 is 0 Å². The molecule has 0 aliphatic rings. The molecular weight excluding hydrogens is 252 g/mol. The highest BCUT2D eigenvalue weighted by Crippen LogP contribution is 2.25. The normalized spacial score (nSPS) is 10.2. The maximum absolute atomic E-state index is 11.5. The molecule has 2 rings (SSSR count). The van der Waals surface area contributed by atoms with E-state index in [1.54, 1.807) is 6.07 Å². The van der Waals surface area contributed by atoms with Crippen molar-refractivity contribution in [1.29, 1.82) is 5.26 Å². The fraction of sp³-hybridized carbons (Fsp3) is 0.300. The highest BCUT2D eigenvalue weighted by molar-refractivity contribution is 7.99. The van der Waals surface area contributed by atoms with Crippen LogP contribution in [0, 0.1) is 11.3 Å². The van der Waals surface area contributed by atoms with Gasteiger partial charge in [-0.05, 0) is 24.2 Å². The number of hydrogen-bond acceptors (Lipinski definition) is 6. The Kier molecular flexibility index (Phi) is 3.74. The minimum atomic E-state index is -0.262. The van der Waals surface area contributed by atoms with Crippen LogP contribution in [0.15, 0.2) is 27.2 Å². The minimum absolute atomic E-state index is 0.262. The van der Waals surface area contributed by atoms with Crippen molar-refractivity contribution in [2.75, 3.05) is 0 Å². The fourth-order valence-electron chi connectivity index (χ4n) is 1.37. The third-order valence-corrected chi connectivity index (χ3v) is 3.15. The maximum Gasteiger partial charge on any atom is 0.343 e. The standard InChI is InChI=1S/C10H10N6OS/c1-2-5-16-9(17)14-15-10(16)18-8-7(6-11)3-4-12-13-8/h3-4H,2,5H2,1H3,(H,14,17). The summed E-state index contributed by atoms with van der Waals surface area (Å²) in [7, 11) is 0. The van der Waals surface area contributed by atoms with Crippen LogP contribution in [0.1, 0.15) is 18.9 Å². The second kappa shape index (κ2) is 5.46. The van der Waals surface area contributed by atoms with Crippen LogP contribution in [0.2, 0.25) is 0 Å². The number of aromatic amines is 1. The van der Waals surface area contributed by atoms with Gasteiger partial charge in [-0.15, -0.1) is 10.2 Å². The average Bonchev–Trinajstić information content (AvgIpc) is 2.73. The number of nitrogens with zero attached hydrogens (tertiary/aromatic N) is 5. The number of hydrogen-bond donors (Lipinski definition) is 1. The van der Waals surface area contributed by atoms with Gasteiger partial charge in [-0.25, -0.2) is 9.89 Å². The van der Waals surface area contributed by atoms with Crippen LogP contribution >= 0.6 is 11.8 Å². The molecule has 0 aromatic carbocycles. The Morgan fingerprint density at radius 2 is 2.44 bits per heavy atom. The molecule has 2 aromatic rings. The zero-order valence-electron chi connectivity index (χ0n) is 9.62. The molecule has 18 heavy (non-hydrogen) atoms. The van der Waals surface area contributed by atoms with Crippen LogP contribution in [0.4, 0.5) is 0 Å². The Morgan fingerprint density at radius 3 is 3.17 bits per heavy atom. The Morgan fingerprint density at radius 1 is 1.61 bits per heavy atom. The highest BCUT2D eigenvalue weighted by atomic mass is 32.2. The first-order valence-corrected chi connectivity index (χ1v) is 6.12. The van der Waals surface area contributed by atoms with Crippen molar-refractivity contribution in [2.24, 2.45) is 0 Å². The summed E-state index contributed by atoms with van der Waals surface area (Å²) in [4.78, 5) is 11.5. The predicted octanol–water partition coefficient (Wildman–Crippen LogP) is 0.794. The van der Waals surface area contributed by atoms with Crippen molar-refractivity contribution in [3.05, 3.63) is 28.3 Å². The van der Waals surface area contributed by atoms with Gasteiger partial charge in [0, 0.05) is 6.54 Å². The Labute approximate surface area is 107 Å². The van der Waals surface area contributed by atoms with Crippen molar-refractivity contribution in [2.45, 2.75) is 30.1 Å². The van der Waals surface area contributed by atoms with E-state index in [4.69, 9.17) is 5.26 Å². The van der Waals surface area contributed by atoms with E-state index in [-0.39, 0.29) is 5.69 Å². The molecule has 0 spiro atoms. The molecule has 0 aliphatic carbocycles. The number of rotatable bonds is 4. The van der Waals surface area contributed by atoms with E-state index in [0.717, 1.165) is 18.2 Å². The fourth-order valence-corrected chi connectivity index (χ4v) is 2.23. The largest absolute Gasteiger partial charge is 0.343 e. The van der Waals surface area contributed by atoms with Crippen molar-refractivity contribution >= 4 is 11.8 Å². The van der Waals surface area contributed by atoms with Gasteiger partial charge in [0.05, 0.1) is 11.8 Å². The molecule has 92 valence electrons. The first-order valence-electron chi connectivity index (χ1n) is 5.31. The topological polar surface area (TPSA) is 100 Å². The van der Waals surface area contributed by atoms with Gasteiger partial charge in [0.25, 0.3) is 0 Å². The summed E-state index contributed by atoms with van der Waals surface area (Å²) in [6.07, 6.45) is 2.27. The monoisotopic (exact) mass is 262 g/mol. The second-order valence-electron chi connectivity index (χ2n) is 3.43. The lowest BCUT2D eigenvalue weighted by Gasteiger charge is -2.03. The third kappa shape index (κ3) is 2.41. The van der Waals surface area contributed by atoms with E-state index >= 15 is 0 Å². The smallest absolute Gasteiger partial charge is 0.270 e. The first kappa shape index (κ1) is 12.3. The van der Waals surface area contributed by atoms with Gasteiger partial charge in [0.2, 0.25) is 0 Å². The lowest BCUT2D eigenvalue weighted by Crippen LogP contribution is -2.17. The molecule has 0 radical (unpaired) electrons. The number of nitrogens with one attached hydrogen (secondary N) is 1. The van der Waals surface area contributed by atoms with Gasteiger partial charge in [-0.2, -0.15) is 10.4 Å². The molecule has 2 heterocycles. The summed E-state index contributed by atoms with van der Waals surface area (Å²) < 4.78 is 1.51. The first-order chi connectivity index (χ1) is 8.76. The van der Waals surface area contributed by atoms with Gasteiger partial charge in [0.15, 0.2) is 5.16 Å². The quantitative estimate of drug-likeness (QED) is 0.874. The lowest BCUT2D eigenvalue weighted by atomic mass is 10.3. The van der Waals surface area contributed by atoms with E-state index in [2.05, 4.69) is 20.4 Å². The molecule has 0 atom stereocenters. The molecule has 7 nitrogen and oxygen atoms in total. The molecular formula is C10H10N6OS. The van der Waals surface area contributed by atoms with Gasteiger partial charge in [-0.1, -0.05) is 6.92 Å². The summed E-state index contributed by atoms with van der Waals surface area (Å²) in [5.74, 6) is 0. The van der Waals surface area contributed by atoms with Gasteiger partial charge in [-0.3, -0.25) is 4.57 Å². The molecule has 0 saturated carbocycles. The lowest BCUT2D eigenvalue weighted by molar-refractivity contribution is 0.603. The number of H-pyrrole nitrogens is 1. The summed E-state index contributed by atoms with van der Waals surface area (Å²) in [6.45, 7) is 2.54. The van der Waals surface area contributed by atoms with Crippen LogP contribution in [-0.4, -0.2) is 25.0 Å². The zero-order chi connectivity index (χ0) is 13.0. The van der Waals surface area contributed by atoms with Crippen LogP contribution in [0.3, 0.4) is 0 Å². The molecule has 8 heteroatoms. The summed E-state index contributed by atoms with van der Waals surface area (Å²) in [5, 5.41) is 23.8. The Balaban J connectivity index is 2.35. The third-order valence-electron chi connectivity index (χ3n) is 2.17. The van der Waals surface area contributed by atoms with Crippen LogP contribution in [0.25, 0.3) is 0 Å². The Hall–Kier alpha value is -2.14. The molecule has 1 N–H and O–H groups in total. The number of nitriles is 1. The Bertz CT molecular complexity index is 640. The average molecular weight is 262 g/mol. The van der Waals surface area contributed by atoms with Gasteiger partial charge >= 0.3 is 5.69 Å². The molecule has 0 fully saturated rings. The number of aromatic nitrogens is 5. The molecule has 0 saturated heterocycles. The van der Waals surface area contributed by atoms with Gasteiger partial charge in [0.1, 0.15) is 11.1 Å². The molecule has 0 unspecified atom stereocenters. The van der Waals surface area contributed by atoms with Crippen LogP contribution < -0.4 is 5.69 Å². The molecule has 0 bridgehead atoms. The summed E-state index contributed by atoms with van der Waals surface area (Å²) >= 11 is 1.15. The molecule has 0 amide bonds. The molecule has 2 aromatic heterocycles. The minimum Gasteiger partial charge on any atom is -0.270 e. The van der Waals surface area contributed by atoms with E-state index < -0.39 is 0 Å². The van der Waals surface area contributed by atoms with E-state index in [0.29, 0.717) is 22.3 Å². The summed E-state index contributed by atoms with van der Waals surface area (Å²) in [5.41, 5.74) is 0.148. The van der Waals surface area contributed by atoms with Crippen LogP contribution in [-0.2, 0) is 6.54 Å². The van der Waals surface area contributed by atoms with Crippen molar-refractivity contribution < 1.29 is 0 Å². The SMILES string of the molecule is CCCn1c(Sc2nnccc2C#N)n[nH]c1=O. The predicted molar refractivity (Wildman–Crippen MR) is 64.0 cm³/mol. The van der Waals surface area contributed by atoms with Crippen molar-refractivity contribution in [3.8, 4) is 6.07 Å². The van der Waals surface area contributed by atoms with Crippen molar-refractivity contribution in [1.82, 2.24) is 25.0 Å². The second-order valence-corrected chi connectivity index (χ2v) is 4.38. The summed E-state index contributed by atoms with van der Waals surface area (Å²) in [6, 6.07) is 3.60. The van der Waals surface area contributed by atoms with Crippen LogP contribution in [0.5, 0.6) is 0 Å². The molecule has 0 aliphatic heterocycles. The van der Waals surface area contributed by atoms with Crippen molar-refractivity contribution in [3.63, 3.8) is 0 Å². The zero-order valence-corrected chi connectivity index (χ0v) is 10.4. The highest BCUT2D eigenvalue weighted by Gasteiger charge is 2.13. The maximum atomic E-state index is 11.5. The van der Waals surface area contributed by atoms with E-state index in [9.17, 15) is 4.79 Å². The van der Waals surface area contributed by atoms with E-state index in [1.165, 1.54) is 10.8 Å².